The summed E-state index contributed by atoms with van der Waals surface area (Å²) < 4.78 is 11.2. The molecule has 2 fully saturated rings. The summed E-state index contributed by atoms with van der Waals surface area (Å²) in [5, 5.41) is 9.29. The summed E-state index contributed by atoms with van der Waals surface area (Å²) in [7, 11) is 0.0281. The molecule has 2 rings (SSSR count). The molecule has 0 aliphatic carbocycles. The van der Waals surface area contributed by atoms with Crippen molar-refractivity contribution in [1.29, 1.82) is 0 Å². The fraction of sp³-hybridized carbons (Fsp3) is 1.00. The van der Waals surface area contributed by atoms with Gasteiger partial charge in [-0.15, -0.1) is 0 Å². The molecular formula is C8H14LiNO2P2. The fourth-order valence-corrected chi connectivity index (χ4v) is 5.64. The maximum atomic E-state index is 9.29. The first-order chi connectivity index (χ1) is 6.42. The van der Waals surface area contributed by atoms with Crippen LogP contribution in [-0.2, 0) is 9.47 Å². The molecule has 0 saturated carbocycles. The zero-order valence-corrected chi connectivity index (χ0v) is 10.3. The van der Waals surface area contributed by atoms with Crippen LogP contribution >= 0.6 is 15.7 Å². The van der Waals surface area contributed by atoms with Gasteiger partial charge in [0.25, 0.3) is 0 Å². The minimum atomic E-state index is -0.477. The van der Waals surface area contributed by atoms with Gasteiger partial charge in [-0.2, -0.15) is 0 Å². The first-order valence-electron chi connectivity index (χ1n) is 4.78. The predicted molar refractivity (Wildman–Crippen MR) is 55.1 cm³/mol. The van der Waals surface area contributed by atoms with Gasteiger partial charge in [-0.1, -0.05) is 0 Å². The van der Waals surface area contributed by atoms with Gasteiger partial charge in [0.1, 0.15) is 0 Å². The Bertz CT molecular complexity index is 168. The number of hydrogen-bond acceptors (Lipinski definition) is 2. The Balaban J connectivity index is 0.000000980. The molecule has 0 spiro atoms. The van der Waals surface area contributed by atoms with E-state index in [0.717, 1.165) is 38.9 Å². The van der Waals surface area contributed by atoms with Gasteiger partial charge in [-0.25, -0.2) is 8.06 Å². The molecule has 14 heavy (non-hydrogen) atoms. The molecule has 2 saturated heterocycles. The van der Waals surface area contributed by atoms with Crippen molar-refractivity contribution in [3.05, 3.63) is 5.16 Å². The molecule has 2 unspecified atom stereocenters. The summed E-state index contributed by atoms with van der Waals surface area (Å²) in [6.45, 7) is 1.73. The number of ether oxygens (including phenoxy) is 2. The minimum Gasteiger partial charge on any atom is -0.779 e. The summed E-state index contributed by atoms with van der Waals surface area (Å²) in [6, 6.07) is 0. The standard InChI is InChI=1S/C8H14NO2P2.Li/c9-12-13(7-3-1-5-10-7)8-4-2-6-11-8;/h7-8H,1-6H2;/q-1;+1. The van der Waals surface area contributed by atoms with E-state index in [-0.39, 0.29) is 18.9 Å². The normalized spacial score (nSPS) is 34.3. The maximum Gasteiger partial charge on any atom is 1.00 e. The van der Waals surface area contributed by atoms with Crippen molar-refractivity contribution in [2.75, 3.05) is 13.2 Å². The molecule has 0 aromatic heterocycles. The van der Waals surface area contributed by atoms with Crippen LogP contribution in [0.2, 0.25) is 0 Å². The van der Waals surface area contributed by atoms with Gasteiger partial charge in [0.2, 0.25) is 0 Å². The molecule has 2 heterocycles. The molecule has 2 aliphatic rings. The quantitative estimate of drug-likeness (QED) is 0.514. The number of hydrogen-bond donors (Lipinski definition) is 0. The molecule has 3 nitrogen and oxygen atoms in total. The molecule has 0 aromatic carbocycles. The minimum absolute atomic E-state index is 0. The Morgan fingerprint density at radius 1 is 1.07 bits per heavy atom. The van der Waals surface area contributed by atoms with Crippen molar-refractivity contribution < 1.29 is 28.3 Å². The molecule has 0 bridgehead atoms. The average molecular weight is 225 g/mol. The monoisotopic (exact) mass is 225 g/mol. The SMILES string of the molecule is [Li+].[N-]=PP(C1CCCO1)C1CCCO1. The Hall–Kier alpha value is 1.05. The van der Waals surface area contributed by atoms with Crippen molar-refractivity contribution in [2.24, 2.45) is 0 Å². The Morgan fingerprint density at radius 3 is 1.86 bits per heavy atom. The molecule has 6 heteroatoms. The van der Waals surface area contributed by atoms with Crippen LogP contribution in [0.4, 0.5) is 0 Å². The molecule has 0 aromatic rings. The van der Waals surface area contributed by atoms with Crippen molar-refractivity contribution in [1.82, 2.24) is 0 Å². The zero-order chi connectivity index (χ0) is 9.10. The van der Waals surface area contributed by atoms with Crippen molar-refractivity contribution in [2.45, 2.75) is 37.4 Å². The van der Waals surface area contributed by atoms with Crippen LogP contribution in [0, 0.1) is 0 Å². The van der Waals surface area contributed by atoms with E-state index in [0.29, 0.717) is 19.8 Å². The van der Waals surface area contributed by atoms with E-state index in [9.17, 15) is 5.16 Å². The largest absolute Gasteiger partial charge is 1.00 e. The number of rotatable bonds is 3. The van der Waals surface area contributed by atoms with Crippen molar-refractivity contribution in [3.8, 4) is 0 Å². The van der Waals surface area contributed by atoms with Gasteiger partial charge in [-0.3, -0.25) is 0 Å². The van der Waals surface area contributed by atoms with Gasteiger partial charge in [0, 0.05) is 13.2 Å². The van der Waals surface area contributed by atoms with Gasteiger partial charge < -0.3 is 14.6 Å². The fourth-order valence-electron chi connectivity index (χ4n) is 1.84. The van der Waals surface area contributed by atoms with E-state index in [4.69, 9.17) is 9.47 Å². The molecule has 2 aliphatic heterocycles. The molecule has 0 N–H and O–H groups in total. The van der Waals surface area contributed by atoms with Gasteiger partial charge in [-0.05, 0) is 33.3 Å². The number of nitrogens with zero attached hydrogens (tertiary/aromatic N) is 1. The third kappa shape index (κ3) is 3.02. The summed E-state index contributed by atoms with van der Waals surface area (Å²) in [5.41, 5.74) is 0. The maximum absolute atomic E-state index is 9.29. The Kier molecular flexibility index (Phi) is 6.17. The van der Waals surface area contributed by atoms with Gasteiger partial charge in [0.15, 0.2) is 0 Å². The topological polar surface area (TPSA) is 40.8 Å². The van der Waals surface area contributed by atoms with E-state index in [2.05, 4.69) is 0 Å². The zero-order valence-electron chi connectivity index (χ0n) is 8.56. The van der Waals surface area contributed by atoms with Gasteiger partial charge in [0.05, 0.1) is 11.7 Å². The predicted octanol–water partition coefficient (Wildman–Crippen LogP) is 0.359. The first-order valence-corrected chi connectivity index (χ1v) is 7.81. The van der Waals surface area contributed by atoms with Crippen LogP contribution in [0.3, 0.4) is 0 Å². The smallest absolute Gasteiger partial charge is 0.779 e. The van der Waals surface area contributed by atoms with Crippen LogP contribution in [0.1, 0.15) is 25.7 Å². The van der Waals surface area contributed by atoms with E-state index >= 15 is 0 Å². The molecule has 74 valence electrons. The first kappa shape index (κ1) is 13.1. The Labute approximate surface area is 99.8 Å². The van der Waals surface area contributed by atoms with Crippen LogP contribution < -0.4 is 18.9 Å². The Morgan fingerprint density at radius 2 is 1.57 bits per heavy atom. The van der Waals surface area contributed by atoms with Crippen LogP contribution in [-0.4, -0.2) is 24.9 Å². The van der Waals surface area contributed by atoms with Gasteiger partial charge >= 0.3 is 18.9 Å². The van der Waals surface area contributed by atoms with E-state index in [1.54, 1.807) is 0 Å². The van der Waals surface area contributed by atoms with E-state index in [1.807, 2.05) is 0 Å². The summed E-state index contributed by atoms with van der Waals surface area (Å²) in [6.07, 6.45) is 4.51. The van der Waals surface area contributed by atoms with E-state index < -0.39 is 7.61 Å². The van der Waals surface area contributed by atoms with E-state index in [1.165, 1.54) is 0 Å². The second-order valence-electron chi connectivity index (χ2n) is 3.40. The summed E-state index contributed by atoms with van der Waals surface area (Å²) in [5.74, 6) is 0.592. The van der Waals surface area contributed by atoms with Crippen molar-refractivity contribution >= 4 is 15.7 Å². The van der Waals surface area contributed by atoms with Crippen LogP contribution in [0.5, 0.6) is 0 Å². The third-order valence-electron chi connectivity index (χ3n) is 2.50. The summed E-state index contributed by atoms with van der Waals surface area (Å²) >= 11 is 0. The second kappa shape index (κ2) is 6.59. The molecular weight excluding hydrogens is 211 g/mol. The molecule has 0 radical (unpaired) electrons. The summed E-state index contributed by atoms with van der Waals surface area (Å²) in [4.78, 5) is 0. The molecule has 2 atom stereocenters. The second-order valence-corrected chi connectivity index (χ2v) is 7.42. The molecule has 0 amide bonds. The average Bonchev–Trinajstić information content (AvgIpc) is 2.76. The van der Waals surface area contributed by atoms with Crippen molar-refractivity contribution in [3.63, 3.8) is 0 Å². The van der Waals surface area contributed by atoms with Crippen LogP contribution in [0.15, 0.2) is 0 Å². The van der Waals surface area contributed by atoms with Crippen LogP contribution in [0.25, 0.3) is 5.16 Å². The third-order valence-corrected chi connectivity index (χ3v) is 6.87.